The molecule has 128 valence electrons. The van der Waals surface area contributed by atoms with Gasteiger partial charge in [0.25, 0.3) is 0 Å². The second-order valence-corrected chi connectivity index (χ2v) is 5.51. The van der Waals surface area contributed by atoms with Gasteiger partial charge in [0.1, 0.15) is 0 Å². The van der Waals surface area contributed by atoms with E-state index in [9.17, 15) is 4.79 Å². The number of nitrogens with two attached hydrogens (primary N) is 1. The van der Waals surface area contributed by atoms with Gasteiger partial charge in [-0.3, -0.25) is 4.79 Å². The van der Waals surface area contributed by atoms with Crippen LogP contribution in [0, 0.1) is 5.92 Å². The second kappa shape index (κ2) is 8.36. The first kappa shape index (κ1) is 17.8. The molecule has 0 aliphatic rings. The average molecular weight is 328 g/mol. The van der Waals surface area contributed by atoms with Gasteiger partial charge in [0.05, 0.1) is 19.6 Å². The van der Waals surface area contributed by atoms with E-state index in [0.717, 1.165) is 5.56 Å². The van der Waals surface area contributed by atoms with Crippen LogP contribution >= 0.6 is 0 Å². The van der Waals surface area contributed by atoms with Crippen LogP contribution in [-0.4, -0.2) is 19.6 Å². The Morgan fingerprint density at radius 3 is 2.50 bits per heavy atom. The smallest absolute Gasteiger partial charge is 0.229 e. The van der Waals surface area contributed by atoms with Crippen LogP contribution in [0.1, 0.15) is 25.5 Å². The Bertz CT molecular complexity index is 674. The van der Waals surface area contributed by atoms with Crippen molar-refractivity contribution in [2.45, 2.75) is 19.9 Å². The molecular formula is C19H24N2O3. The van der Waals surface area contributed by atoms with Gasteiger partial charge in [0.15, 0.2) is 11.5 Å². The first-order chi connectivity index (χ1) is 11.6. The number of hydrogen-bond donors (Lipinski definition) is 2. The van der Waals surface area contributed by atoms with E-state index >= 15 is 0 Å². The third-order valence-electron chi connectivity index (χ3n) is 3.87. The number of amides is 1. The summed E-state index contributed by atoms with van der Waals surface area (Å²) in [7, 11) is 1.58. The number of carbonyl (C=O) groups is 1. The molecule has 0 saturated carbocycles. The summed E-state index contributed by atoms with van der Waals surface area (Å²) in [6, 6.07) is 14.5. The van der Waals surface area contributed by atoms with Crippen LogP contribution in [0.15, 0.2) is 48.5 Å². The molecular weight excluding hydrogens is 304 g/mol. The van der Waals surface area contributed by atoms with Crippen LogP contribution in [0.25, 0.3) is 0 Å². The zero-order valence-electron chi connectivity index (χ0n) is 14.3. The van der Waals surface area contributed by atoms with Gasteiger partial charge in [0, 0.05) is 17.8 Å². The van der Waals surface area contributed by atoms with Crippen molar-refractivity contribution >= 4 is 11.6 Å². The molecule has 5 nitrogen and oxygen atoms in total. The van der Waals surface area contributed by atoms with E-state index < -0.39 is 0 Å². The van der Waals surface area contributed by atoms with Gasteiger partial charge in [-0.25, -0.2) is 0 Å². The maximum absolute atomic E-state index is 12.5. The van der Waals surface area contributed by atoms with Crippen molar-refractivity contribution in [3.63, 3.8) is 0 Å². The van der Waals surface area contributed by atoms with Crippen LogP contribution in [0.4, 0.5) is 5.69 Å². The minimum atomic E-state index is -0.370. The first-order valence-electron chi connectivity index (χ1n) is 7.99. The third-order valence-corrected chi connectivity index (χ3v) is 3.87. The van der Waals surface area contributed by atoms with Gasteiger partial charge >= 0.3 is 0 Å². The molecule has 3 N–H and O–H groups in total. The highest BCUT2D eigenvalue weighted by atomic mass is 16.5. The molecule has 5 heteroatoms. The number of nitrogens with one attached hydrogen (secondary N) is 1. The summed E-state index contributed by atoms with van der Waals surface area (Å²) >= 11 is 0. The molecule has 1 amide bonds. The van der Waals surface area contributed by atoms with Gasteiger partial charge in [-0.15, -0.1) is 0 Å². The van der Waals surface area contributed by atoms with E-state index in [0.29, 0.717) is 23.8 Å². The Morgan fingerprint density at radius 1 is 1.17 bits per heavy atom. The Morgan fingerprint density at radius 2 is 1.88 bits per heavy atom. The largest absolute Gasteiger partial charge is 0.493 e. The quantitative estimate of drug-likeness (QED) is 0.817. The van der Waals surface area contributed by atoms with Crippen molar-refractivity contribution in [1.82, 2.24) is 0 Å². The number of benzene rings is 2. The van der Waals surface area contributed by atoms with Crippen LogP contribution in [0.5, 0.6) is 11.5 Å². The van der Waals surface area contributed by atoms with Crippen molar-refractivity contribution in [2.24, 2.45) is 11.7 Å². The highest BCUT2D eigenvalue weighted by Crippen LogP contribution is 2.30. The molecule has 2 atom stereocenters. The Labute approximate surface area is 142 Å². The van der Waals surface area contributed by atoms with E-state index in [4.69, 9.17) is 15.2 Å². The lowest BCUT2D eigenvalue weighted by atomic mass is 9.94. The molecule has 0 heterocycles. The van der Waals surface area contributed by atoms with Gasteiger partial charge in [-0.2, -0.15) is 0 Å². The Balaban J connectivity index is 2.10. The van der Waals surface area contributed by atoms with Crippen LogP contribution in [0.3, 0.4) is 0 Å². The van der Waals surface area contributed by atoms with E-state index in [-0.39, 0.29) is 17.9 Å². The Hall–Kier alpha value is -2.53. The molecule has 0 fully saturated rings. The van der Waals surface area contributed by atoms with Gasteiger partial charge < -0.3 is 20.5 Å². The van der Waals surface area contributed by atoms with Crippen molar-refractivity contribution in [1.29, 1.82) is 0 Å². The van der Waals surface area contributed by atoms with Gasteiger partial charge in [-0.1, -0.05) is 37.3 Å². The summed E-state index contributed by atoms with van der Waals surface area (Å²) in [4.78, 5) is 12.5. The van der Waals surface area contributed by atoms with Crippen LogP contribution in [-0.2, 0) is 4.79 Å². The molecule has 0 spiro atoms. The van der Waals surface area contributed by atoms with Gasteiger partial charge in [-0.05, 0) is 24.6 Å². The number of ether oxygens (including phenoxy) is 2. The SMILES string of the molecule is CCOc1cc(NC(=O)C(C)C(N)c2ccccc2)ccc1OC. The van der Waals surface area contributed by atoms with Crippen LogP contribution in [0.2, 0.25) is 0 Å². The number of rotatable bonds is 7. The van der Waals surface area contributed by atoms with E-state index in [2.05, 4.69) is 5.32 Å². The molecule has 0 aliphatic carbocycles. The fourth-order valence-electron chi connectivity index (χ4n) is 2.41. The second-order valence-electron chi connectivity index (χ2n) is 5.51. The predicted molar refractivity (Wildman–Crippen MR) is 95.3 cm³/mol. The molecule has 2 aromatic carbocycles. The van der Waals surface area contributed by atoms with E-state index in [1.54, 1.807) is 25.3 Å². The summed E-state index contributed by atoms with van der Waals surface area (Å²) in [5.41, 5.74) is 7.80. The minimum absolute atomic E-state index is 0.140. The minimum Gasteiger partial charge on any atom is -0.493 e. The topological polar surface area (TPSA) is 73.6 Å². The lowest BCUT2D eigenvalue weighted by Crippen LogP contribution is -2.30. The molecule has 0 saturated heterocycles. The number of anilines is 1. The lowest BCUT2D eigenvalue weighted by Gasteiger charge is -2.20. The lowest BCUT2D eigenvalue weighted by molar-refractivity contribution is -0.120. The average Bonchev–Trinajstić information content (AvgIpc) is 2.61. The van der Waals surface area contributed by atoms with E-state index in [1.807, 2.05) is 44.2 Å². The number of hydrogen-bond acceptors (Lipinski definition) is 4. The first-order valence-corrected chi connectivity index (χ1v) is 7.99. The number of methoxy groups -OCH3 is 1. The molecule has 2 rings (SSSR count). The molecule has 0 radical (unpaired) electrons. The maximum Gasteiger partial charge on any atom is 0.229 e. The van der Waals surface area contributed by atoms with Crippen molar-refractivity contribution in [2.75, 3.05) is 19.0 Å². The Kier molecular flexibility index (Phi) is 6.21. The fourth-order valence-corrected chi connectivity index (χ4v) is 2.41. The fraction of sp³-hybridized carbons (Fsp3) is 0.316. The normalized spacial score (nSPS) is 13.0. The molecule has 2 unspecified atom stereocenters. The molecule has 0 aromatic heterocycles. The summed E-state index contributed by atoms with van der Waals surface area (Å²) in [6.45, 7) is 4.23. The third kappa shape index (κ3) is 4.26. The van der Waals surface area contributed by atoms with Crippen LogP contribution < -0.4 is 20.5 Å². The summed E-state index contributed by atoms with van der Waals surface area (Å²) in [5, 5.41) is 2.89. The highest BCUT2D eigenvalue weighted by Gasteiger charge is 2.22. The summed E-state index contributed by atoms with van der Waals surface area (Å²) < 4.78 is 10.8. The maximum atomic E-state index is 12.5. The van der Waals surface area contributed by atoms with Gasteiger partial charge in [0.2, 0.25) is 5.91 Å². The molecule has 2 aromatic rings. The molecule has 0 bridgehead atoms. The van der Waals surface area contributed by atoms with Crippen molar-refractivity contribution in [3.8, 4) is 11.5 Å². The summed E-state index contributed by atoms with van der Waals surface area (Å²) in [5.74, 6) is 0.714. The monoisotopic (exact) mass is 328 g/mol. The number of carbonyl (C=O) groups excluding carboxylic acids is 1. The van der Waals surface area contributed by atoms with Crippen molar-refractivity contribution < 1.29 is 14.3 Å². The molecule has 0 aliphatic heterocycles. The zero-order chi connectivity index (χ0) is 17.5. The molecule has 24 heavy (non-hydrogen) atoms. The summed E-state index contributed by atoms with van der Waals surface area (Å²) in [6.07, 6.45) is 0. The highest BCUT2D eigenvalue weighted by molar-refractivity contribution is 5.93. The van der Waals surface area contributed by atoms with E-state index in [1.165, 1.54) is 0 Å². The zero-order valence-corrected chi connectivity index (χ0v) is 14.3. The standard InChI is InChI=1S/C19H24N2O3/c1-4-24-17-12-15(10-11-16(17)23-3)21-19(22)13(2)18(20)14-8-6-5-7-9-14/h5-13,18H,4,20H2,1-3H3,(H,21,22). The predicted octanol–water partition coefficient (Wildman–Crippen LogP) is 3.37. The van der Waals surface area contributed by atoms with Crippen molar-refractivity contribution in [3.05, 3.63) is 54.1 Å².